The van der Waals surface area contributed by atoms with E-state index in [0.717, 1.165) is 23.6 Å². The van der Waals surface area contributed by atoms with Gasteiger partial charge in [-0.1, -0.05) is 6.07 Å². The van der Waals surface area contributed by atoms with Crippen LogP contribution in [0.3, 0.4) is 0 Å². The Bertz CT molecular complexity index is 950. The van der Waals surface area contributed by atoms with Gasteiger partial charge in [-0.25, -0.2) is 0 Å². The molecular formula is C16H11F3N4O2. The van der Waals surface area contributed by atoms with E-state index in [0.29, 0.717) is 11.2 Å². The fourth-order valence-corrected chi connectivity index (χ4v) is 2.16. The van der Waals surface area contributed by atoms with Gasteiger partial charge in [-0.2, -0.15) is 18.3 Å². The predicted octanol–water partition coefficient (Wildman–Crippen LogP) is 3.16. The molecule has 0 radical (unpaired) electrons. The Morgan fingerprint density at radius 2 is 1.64 bits per heavy atom. The molecule has 9 heteroatoms. The number of nitrogens with one attached hydrogen (secondary N) is 3. The van der Waals surface area contributed by atoms with E-state index in [1.54, 1.807) is 24.4 Å². The molecule has 0 fully saturated rings. The van der Waals surface area contributed by atoms with Crippen molar-refractivity contribution in [2.75, 3.05) is 10.6 Å². The fourth-order valence-electron chi connectivity index (χ4n) is 2.16. The number of H-pyrrole nitrogens is 1. The molecule has 3 N–H and O–H groups in total. The lowest BCUT2D eigenvalue weighted by molar-refractivity contribution is -0.137. The first-order chi connectivity index (χ1) is 11.8. The quantitative estimate of drug-likeness (QED) is 0.622. The van der Waals surface area contributed by atoms with Crippen LogP contribution < -0.4 is 10.6 Å². The van der Waals surface area contributed by atoms with Gasteiger partial charge in [-0.05, 0) is 36.4 Å². The number of halogens is 3. The van der Waals surface area contributed by atoms with Crippen LogP contribution in [-0.4, -0.2) is 22.0 Å². The third-order valence-corrected chi connectivity index (χ3v) is 3.35. The number of alkyl halides is 3. The number of anilines is 2. The molecule has 0 aliphatic rings. The second-order valence-electron chi connectivity index (χ2n) is 5.16. The van der Waals surface area contributed by atoms with Crippen LogP contribution in [0.4, 0.5) is 24.5 Å². The summed E-state index contributed by atoms with van der Waals surface area (Å²) in [5, 5.41) is 11.9. The van der Waals surface area contributed by atoms with E-state index >= 15 is 0 Å². The highest BCUT2D eigenvalue weighted by Gasteiger charge is 2.30. The maximum Gasteiger partial charge on any atom is 0.416 e. The van der Waals surface area contributed by atoms with Crippen molar-refractivity contribution in [2.45, 2.75) is 6.18 Å². The van der Waals surface area contributed by atoms with Gasteiger partial charge in [-0.3, -0.25) is 14.7 Å². The van der Waals surface area contributed by atoms with E-state index < -0.39 is 23.6 Å². The van der Waals surface area contributed by atoms with Crippen LogP contribution in [0.5, 0.6) is 0 Å². The van der Waals surface area contributed by atoms with Gasteiger partial charge < -0.3 is 10.6 Å². The zero-order chi connectivity index (χ0) is 18.0. The maximum atomic E-state index is 12.7. The summed E-state index contributed by atoms with van der Waals surface area (Å²) >= 11 is 0. The number of hydrogen-bond donors (Lipinski definition) is 3. The topological polar surface area (TPSA) is 86.9 Å². The first-order valence-corrected chi connectivity index (χ1v) is 7.06. The van der Waals surface area contributed by atoms with Gasteiger partial charge in [0.15, 0.2) is 0 Å². The summed E-state index contributed by atoms with van der Waals surface area (Å²) in [7, 11) is 0. The Hall–Kier alpha value is -3.36. The lowest BCUT2D eigenvalue weighted by atomic mass is 10.2. The van der Waals surface area contributed by atoms with Crippen LogP contribution in [0.1, 0.15) is 5.56 Å². The van der Waals surface area contributed by atoms with Gasteiger partial charge in [0, 0.05) is 16.8 Å². The minimum atomic E-state index is -4.54. The van der Waals surface area contributed by atoms with Crippen LogP contribution in [0, 0.1) is 0 Å². The summed E-state index contributed by atoms with van der Waals surface area (Å²) in [5.74, 6) is -2.08. The lowest BCUT2D eigenvalue weighted by Crippen LogP contribution is -2.29. The van der Waals surface area contributed by atoms with Crippen LogP contribution >= 0.6 is 0 Å². The number of fused-ring (bicyclic) bond motifs is 1. The highest BCUT2D eigenvalue weighted by molar-refractivity contribution is 6.43. The Labute approximate surface area is 139 Å². The SMILES string of the molecule is O=C(Nc1cccc(C(F)(F)F)c1)C(=O)Nc1ccc2cn[nH]c2c1. The Kier molecular flexibility index (Phi) is 4.14. The molecule has 3 rings (SSSR count). The van der Waals surface area contributed by atoms with Crippen molar-refractivity contribution >= 4 is 34.1 Å². The Balaban J connectivity index is 1.69. The van der Waals surface area contributed by atoms with Gasteiger partial charge >= 0.3 is 18.0 Å². The highest BCUT2D eigenvalue weighted by Crippen LogP contribution is 2.30. The smallest absolute Gasteiger partial charge is 0.318 e. The maximum absolute atomic E-state index is 12.7. The minimum Gasteiger partial charge on any atom is -0.318 e. The first-order valence-electron chi connectivity index (χ1n) is 7.06. The molecule has 6 nitrogen and oxygen atoms in total. The number of hydrogen-bond acceptors (Lipinski definition) is 3. The van der Waals surface area contributed by atoms with E-state index in [4.69, 9.17) is 0 Å². The monoisotopic (exact) mass is 348 g/mol. The van der Waals surface area contributed by atoms with E-state index in [-0.39, 0.29) is 5.69 Å². The predicted molar refractivity (Wildman–Crippen MR) is 84.8 cm³/mol. The number of carbonyl (C=O) groups is 2. The third kappa shape index (κ3) is 3.77. The van der Waals surface area contributed by atoms with Gasteiger partial charge in [0.25, 0.3) is 0 Å². The van der Waals surface area contributed by atoms with E-state index in [9.17, 15) is 22.8 Å². The second-order valence-corrected chi connectivity index (χ2v) is 5.16. The molecule has 3 aromatic rings. The highest BCUT2D eigenvalue weighted by atomic mass is 19.4. The molecule has 0 saturated heterocycles. The number of rotatable bonds is 2. The second kappa shape index (κ2) is 6.27. The molecule has 0 unspecified atom stereocenters. The molecule has 0 aliphatic heterocycles. The van der Waals surface area contributed by atoms with Crippen molar-refractivity contribution < 1.29 is 22.8 Å². The van der Waals surface area contributed by atoms with Crippen molar-refractivity contribution in [2.24, 2.45) is 0 Å². The Morgan fingerprint density at radius 3 is 2.32 bits per heavy atom. The molecule has 0 aliphatic carbocycles. The number of carbonyl (C=O) groups excluding carboxylic acids is 2. The van der Waals surface area contributed by atoms with E-state index in [1.807, 2.05) is 0 Å². The van der Waals surface area contributed by atoms with Gasteiger partial charge in [-0.15, -0.1) is 0 Å². The van der Waals surface area contributed by atoms with Crippen LogP contribution in [0.2, 0.25) is 0 Å². The summed E-state index contributed by atoms with van der Waals surface area (Å²) in [6.07, 6.45) is -2.94. The largest absolute Gasteiger partial charge is 0.416 e. The summed E-state index contributed by atoms with van der Waals surface area (Å²) < 4.78 is 38.0. The molecular weight excluding hydrogens is 337 g/mol. The van der Waals surface area contributed by atoms with Crippen molar-refractivity contribution in [1.29, 1.82) is 0 Å². The van der Waals surface area contributed by atoms with Crippen molar-refractivity contribution in [1.82, 2.24) is 10.2 Å². The molecule has 1 aromatic heterocycles. The molecule has 0 atom stereocenters. The first kappa shape index (κ1) is 16.5. The van der Waals surface area contributed by atoms with Crippen molar-refractivity contribution in [3.8, 4) is 0 Å². The van der Waals surface area contributed by atoms with E-state index in [2.05, 4.69) is 20.8 Å². The van der Waals surface area contributed by atoms with Crippen molar-refractivity contribution in [3.63, 3.8) is 0 Å². The minimum absolute atomic E-state index is 0.126. The third-order valence-electron chi connectivity index (χ3n) is 3.35. The zero-order valence-corrected chi connectivity index (χ0v) is 12.5. The summed E-state index contributed by atoms with van der Waals surface area (Å²) in [4.78, 5) is 23.8. The van der Waals surface area contributed by atoms with Crippen LogP contribution in [0.25, 0.3) is 10.9 Å². The summed E-state index contributed by atoms with van der Waals surface area (Å²) in [6.45, 7) is 0. The molecule has 25 heavy (non-hydrogen) atoms. The summed E-state index contributed by atoms with van der Waals surface area (Å²) in [6, 6.07) is 8.88. The van der Waals surface area contributed by atoms with E-state index in [1.165, 1.54) is 6.07 Å². The molecule has 2 amide bonds. The van der Waals surface area contributed by atoms with Crippen LogP contribution in [-0.2, 0) is 15.8 Å². The summed E-state index contributed by atoms with van der Waals surface area (Å²) in [5.41, 5.74) is -0.0357. The molecule has 0 saturated carbocycles. The average molecular weight is 348 g/mol. The van der Waals surface area contributed by atoms with Gasteiger partial charge in [0.05, 0.1) is 17.3 Å². The molecule has 1 heterocycles. The molecule has 128 valence electrons. The standard InChI is InChI=1S/C16H11F3N4O2/c17-16(18,19)10-2-1-3-11(6-10)21-14(24)15(25)22-12-5-4-9-8-20-23-13(9)7-12/h1-8H,(H,20,23)(H,21,24)(H,22,25). The molecule has 2 aromatic carbocycles. The van der Waals surface area contributed by atoms with Crippen LogP contribution in [0.15, 0.2) is 48.7 Å². The number of amides is 2. The Morgan fingerprint density at radius 1 is 0.960 bits per heavy atom. The lowest BCUT2D eigenvalue weighted by Gasteiger charge is -2.10. The van der Waals surface area contributed by atoms with Gasteiger partial charge in [0.1, 0.15) is 0 Å². The number of aromatic amines is 1. The zero-order valence-electron chi connectivity index (χ0n) is 12.5. The fraction of sp³-hybridized carbons (Fsp3) is 0.0625. The molecule has 0 bridgehead atoms. The molecule has 0 spiro atoms. The van der Waals surface area contributed by atoms with Gasteiger partial charge in [0.2, 0.25) is 0 Å². The van der Waals surface area contributed by atoms with Crippen molar-refractivity contribution in [3.05, 3.63) is 54.2 Å². The number of benzene rings is 2. The normalized spacial score (nSPS) is 11.3. The number of nitrogens with zero attached hydrogens (tertiary/aromatic N) is 1. The average Bonchev–Trinajstić information content (AvgIpc) is 3.02. The number of aromatic nitrogens is 2.